The highest BCUT2D eigenvalue weighted by Gasteiger charge is 2.24. The molecule has 4 aromatic heterocycles. The number of hydrogen-bond donors (Lipinski definition) is 0. The molecule has 17 rings (SSSR count). The summed E-state index contributed by atoms with van der Waals surface area (Å²) < 4.78 is 9.11. The molecule has 0 atom stereocenters. The first kappa shape index (κ1) is 45.6. The quantitative estimate of drug-likeness (QED) is 0.167. The molecule has 0 bridgehead atoms. The maximum Gasteiger partial charge on any atom is 0.101 e. The first-order valence-corrected chi connectivity index (χ1v) is 27.7. The fraction of sp³-hybridized carbons (Fsp3) is 0. The van der Waals surface area contributed by atoms with Gasteiger partial charge < -0.3 is 18.3 Å². The van der Waals surface area contributed by atoms with Gasteiger partial charge in [-0.2, -0.15) is 10.5 Å². The zero-order valence-corrected chi connectivity index (χ0v) is 44.1. The molecule has 82 heavy (non-hydrogen) atoms. The molecule has 4 heterocycles. The van der Waals surface area contributed by atoms with Crippen LogP contribution in [0, 0.1) is 22.7 Å². The zero-order chi connectivity index (χ0) is 54.2. The highest BCUT2D eigenvalue weighted by Crippen LogP contribution is 2.45. The van der Waals surface area contributed by atoms with Crippen molar-refractivity contribution < 1.29 is 0 Å². The lowest BCUT2D eigenvalue weighted by molar-refractivity contribution is 1.12. The highest BCUT2D eigenvalue weighted by molar-refractivity contribution is 6.24. The Balaban J connectivity index is 0.861. The van der Waals surface area contributed by atoms with Crippen molar-refractivity contribution in [2.24, 2.45) is 0 Å². The summed E-state index contributed by atoms with van der Waals surface area (Å²) in [7, 11) is 0. The summed E-state index contributed by atoms with van der Waals surface area (Å²) in [6.45, 7) is 0. The van der Waals surface area contributed by atoms with Gasteiger partial charge in [-0.25, -0.2) is 0 Å². The average molecular weight is 1040 g/mol. The van der Waals surface area contributed by atoms with Crippen molar-refractivity contribution in [2.45, 2.75) is 0 Å². The van der Waals surface area contributed by atoms with Gasteiger partial charge in [0.25, 0.3) is 0 Å². The minimum Gasteiger partial charge on any atom is -0.309 e. The van der Waals surface area contributed by atoms with Gasteiger partial charge in [0.2, 0.25) is 0 Å². The van der Waals surface area contributed by atoms with Gasteiger partial charge >= 0.3 is 0 Å². The predicted molar refractivity (Wildman–Crippen MR) is 339 cm³/mol. The Morgan fingerprint density at radius 3 is 1.01 bits per heavy atom. The summed E-state index contributed by atoms with van der Waals surface area (Å²) in [4.78, 5) is 0. The molecule has 17 aromatic rings. The van der Waals surface area contributed by atoms with Gasteiger partial charge in [-0.05, 0) is 141 Å². The molecule has 0 aliphatic carbocycles. The second kappa shape index (κ2) is 17.5. The standard InChI is InChI=1S/C76H44N6/c77-45-53-44-72(82-68-36-32-50(40-64(68)76-58-22-10-8-16-48(58)30-38-70(76)82)52-28-34-62-60-24-12-14-26-66(60)80(74(62)42-52)56-19-5-2-6-20-56)54(46-78)43-71(53)81-67-35-31-49(39-63(67)75-57-21-9-7-15-47(57)29-37-69(75)81)51-27-33-61-59-23-11-13-25-65(59)79(73(61)41-51)55-17-3-1-4-18-55/h1-44H. The van der Waals surface area contributed by atoms with Crippen LogP contribution >= 0.6 is 0 Å². The minimum atomic E-state index is 0.457. The minimum absolute atomic E-state index is 0.457. The molecular formula is C76H44N6. The molecule has 378 valence electrons. The normalized spacial score (nSPS) is 11.9. The van der Waals surface area contributed by atoms with Gasteiger partial charge in [0, 0.05) is 54.5 Å². The van der Waals surface area contributed by atoms with Crippen LogP contribution < -0.4 is 0 Å². The number of nitrogens with zero attached hydrogens (tertiary/aromatic N) is 6. The SMILES string of the molecule is N#Cc1cc(-n2c3ccc(-c4ccc5c6ccccc6n(-c6ccccc6)c5c4)cc3c3c4ccccc4ccc32)c(C#N)cc1-n1c2ccc(-c3ccc4c5ccccc5n(-c5ccccc5)c4c3)cc2c2c3ccccc3ccc21. The molecule has 6 heteroatoms. The van der Waals surface area contributed by atoms with Crippen molar-refractivity contribution in [3.8, 4) is 57.1 Å². The maximum atomic E-state index is 11.4. The van der Waals surface area contributed by atoms with Crippen LogP contribution in [0.3, 0.4) is 0 Å². The van der Waals surface area contributed by atoms with Crippen molar-refractivity contribution in [1.82, 2.24) is 18.3 Å². The van der Waals surface area contributed by atoms with Crippen molar-refractivity contribution in [2.75, 3.05) is 0 Å². The number of benzene rings is 13. The van der Waals surface area contributed by atoms with Crippen molar-refractivity contribution >= 4 is 109 Å². The second-order valence-corrected chi connectivity index (χ2v) is 21.4. The van der Waals surface area contributed by atoms with E-state index in [1.165, 1.54) is 21.5 Å². The van der Waals surface area contributed by atoms with Gasteiger partial charge in [-0.1, -0.05) is 170 Å². The fourth-order valence-electron chi connectivity index (χ4n) is 13.6. The third-order valence-electron chi connectivity index (χ3n) is 17.2. The molecule has 0 amide bonds. The first-order valence-electron chi connectivity index (χ1n) is 27.7. The van der Waals surface area contributed by atoms with E-state index in [0.717, 1.165) is 121 Å². The van der Waals surface area contributed by atoms with E-state index in [4.69, 9.17) is 0 Å². The molecule has 0 aliphatic heterocycles. The maximum absolute atomic E-state index is 11.4. The number of aromatic nitrogens is 4. The summed E-state index contributed by atoms with van der Waals surface area (Å²) in [5, 5.41) is 36.5. The number of rotatable bonds is 6. The van der Waals surface area contributed by atoms with Gasteiger partial charge in [-0.3, -0.25) is 0 Å². The Kier molecular flexibility index (Phi) is 9.74. The van der Waals surface area contributed by atoms with Crippen LogP contribution in [-0.4, -0.2) is 18.3 Å². The van der Waals surface area contributed by atoms with Crippen molar-refractivity contribution in [3.05, 3.63) is 278 Å². The third-order valence-corrected chi connectivity index (χ3v) is 17.2. The van der Waals surface area contributed by atoms with Crippen LogP contribution in [0.25, 0.3) is 154 Å². The Labute approximate surface area is 470 Å². The molecule has 6 nitrogen and oxygen atoms in total. The van der Waals surface area contributed by atoms with Crippen LogP contribution in [0.1, 0.15) is 11.1 Å². The summed E-state index contributed by atoms with van der Waals surface area (Å²) in [6, 6.07) is 100. The van der Waals surface area contributed by atoms with E-state index in [0.29, 0.717) is 22.5 Å². The topological polar surface area (TPSA) is 67.3 Å². The molecule has 0 unspecified atom stereocenters. The van der Waals surface area contributed by atoms with E-state index in [9.17, 15) is 10.5 Å². The van der Waals surface area contributed by atoms with Gasteiger partial charge in [0.05, 0.1) is 66.6 Å². The number of hydrogen-bond acceptors (Lipinski definition) is 2. The molecule has 0 radical (unpaired) electrons. The summed E-state index contributed by atoms with van der Waals surface area (Å²) >= 11 is 0. The van der Waals surface area contributed by atoms with Crippen molar-refractivity contribution in [3.63, 3.8) is 0 Å². The van der Waals surface area contributed by atoms with Gasteiger partial charge in [0.15, 0.2) is 0 Å². The average Bonchev–Trinajstić information content (AvgIpc) is 4.43. The van der Waals surface area contributed by atoms with E-state index < -0.39 is 0 Å². The monoisotopic (exact) mass is 1040 g/mol. The summed E-state index contributed by atoms with van der Waals surface area (Å²) in [5.41, 5.74) is 17.2. The molecule has 0 fully saturated rings. The van der Waals surface area contributed by atoms with Crippen LogP contribution in [0.2, 0.25) is 0 Å². The Morgan fingerprint density at radius 1 is 0.232 bits per heavy atom. The smallest absolute Gasteiger partial charge is 0.101 e. The van der Waals surface area contributed by atoms with Crippen LogP contribution in [0.15, 0.2) is 267 Å². The van der Waals surface area contributed by atoms with E-state index in [-0.39, 0.29) is 0 Å². The largest absolute Gasteiger partial charge is 0.309 e. The molecule has 0 spiro atoms. The Hall–Kier alpha value is -11.4. The van der Waals surface area contributed by atoms with Gasteiger partial charge in [-0.15, -0.1) is 0 Å². The molecule has 0 saturated heterocycles. The third kappa shape index (κ3) is 6.55. The van der Waals surface area contributed by atoms with Crippen molar-refractivity contribution in [1.29, 1.82) is 10.5 Å². The number of nitriles is 2. The van der Waals surface area contributed by atoms with Crippen LogP contribution in [0.5, 0.6) is 0 Å². The van der Waals surface area contributed by atoms with E-state index in [1.807, 2.05) is 12.1 Å². The lowest BCUT2D eigenvalue weighted by Crippen LogP contribution is -2.04. The molecule has 0 aliphatic rings. The lowest BCUT2D eigenvalue weighted by Gasteiger charge is -2.16. The van der Waals surface area contributed by atoms with E-state index >= 15 is 0 Å². The summed E-state index contributed by atoms with van der Waals surface area (Å²) in [5.74, 6) is 0. The molecule has 0 saturated carbocycles. The van der Waals surface area contributed by atoms with Crippen LogP contribution in [0.4, 0.5) is 0 Å². The summed E-state index contributed by atoms with van der Waals surface area (Å²) in [6.07, 6.45) is 0. The van der Waals surface area contributed by atoms with E-state index in [1.54, 1.807) is 0 Å². The highest BCUT2D eigenvalue weighted by atomic mass is 15.0. The van der Waals surface area contributed by atoms with Gasteiger partial charge in [0.1, 0.15) is 12.1 Å². The zero-order valence-electron chi connectivity index (χ0n) is 44.1. The second-order valence-electron chi connectivity index (χ2n) is 21.4. The fourth-order valence-corrected chi connectivity index (χ4v) is 13.6. The number of para-hydroxylation sites is 4. The first-order chi connectivity index (χ1) is 40.6. The predicted octanol–water partition coefficient (Wildman–Crippen LogP) is 19.5. The molecular weight excluding hydrogens is 997 g/mol. The lowest BCUT2D eigenvalue weighted by atomic mass is 9.99. The Morgan fingerprint density at radius 2 is 0.573 bits per heavy atom. The van der Waals surface area contributed by atoms with Crippen LogP contribution in [-0.2, 0) is 0 Å². The molecule has 13 aromatic carbocycles. The van der Waals surface area contributed by atoms with E-state index in [2.05, 4.69) is 285 Å². The number of fused-ring (bicyclic) bond motifs is 16. The Bertz CT molecular complexity index is 5310. The molecule has 0 N–H and O–H groups in total.